The number of aliphatic hydroxyl groups excluding tert-OH is 1. The van der Waals surface area contributed by atoms with Crippen molar-refractivity contribution in [2.45, 2.75) is 350 Å². The predicted octanol–water partition coefficient (Wildman–Crippen LogP) is 18.9. The Kier molecular flexibility index (Phi) is 56.6. The number of ether oxygens (including phenoxy) is 4. The Morgan fingerprint density at radius 2 is 0.552 bits per heavy atom. The molecule has 0 aromatic rings. The number of hydrogen-bond donors (Lipinski definition) is 3. The molecule has 0 aliphatic heterocycles. The number of phosphoric ester groups is 2. The first-order valence-corrected chi connectivity index (χ1v) is 38.3. The lowest BCUT2D eigenvalue weighted by Crippen LogP contribution is -2.30. The molecule has 17 nitrogen and oxygen atoms in total. The maximum absolute atomic E-state index is 13.0. The van der Waals surface area contributed by atoms with Gasteiger partial charge in [0, 0.05) is 25.7 Å². The highest BCUT2D eigenvalue weighted by Gasteiger charge is 2.30. The smallest absolute Gasteiger partial charge is 0.462 e. The van der Waals surface area contributed by atoms with Crippen LogP contribution in [0.15, 0.2) is 0 Å². The third kappa shape index (κ3) is 58.9. The Morgan fingerprint density at radius 3 is 0.816 bits per heavy atom. The highest BCUT2D eigenvalue weighted by Crippen LogP contribution is 2.45. The zero-order chi connectivity index (χ0) is 64.7. The van der Waals surface area contributed by atoms with Crippen molar-refractivity contribution in [1.29, 1.82) is 0 Å². The van der Waals surface area contributed by atoms with Gasteiger partial charge in [-0.2, -0.15) is 0 Å². The predicted molar refractivity (Wildman–Crippen MR) is 349 cm³/mol. The summed E-state index contributed by atoms with van der Waals surface area (Å²) in [5.74, 6) is 0.838. The normalized spacial score (nSPS) is 15.3. The Hall–Kier alpha value is -1.94. The van der Waals surface area contributed by atoms with Gasteiger partial charge in [0.25, 0.3) is 0 Å². The van der Waals surface area contributed by atoms with Crippen LogP contribution in [0.25, 0.3) is 0 Å². The molecule has 8 atom stereocenters. The molecule has 0 amide bonds. The van der Waals surface area contributed by atoms with Crippen LogP contribution >= 0.6 is 15.6 Å². The monoisotopic (exact) mass is 1280 g/mol. The van der Waals surface area contributed by atoms with Crippen molar-refractivity contribution < 1.29 is 80.2 Å². The van der Waals surface area contributed by atoms with Crippen LogP contribution in [0, 0.1) is 23.7 Å². The Balaban J connectivity index is 5.21. The standard InChI is InChI=1S/C68H132O17P2/c1-9-59(6)45-37-29-20-18-16-14-12-13-15-17-19-21-34-42-50-67(72)84-63(54-79-66(71)49-41-33-26-23-30-38-46-60(7)10-2)56-82-86(74,75)80-52-62(69)53-81-87(76,77)83-57-64(55-78-65(70)48-40-32-25-22-28-36-44-58(4)5)85-68(73)51-43-35-27-24-31-39-47-61(8)11-3/h58-64,69H,9-57H2,1-8H3,(H,74,75)(H,76,77)/t59?,60?,61?,62-,63+,64+/m0/s1. The van der Waals surface area contributed by atoms with Gasteiger partial charge < -0.3 is 33.8 Å². The summed E-state index contributed by atoms with van der Waals surface area (Å²) >= 11 is 0. The van der Waals surface area contributed by atoms with Crippen LogP contribution in [-0.4, -0.2) is 96.7 Å². The molecule has 0 aliphatic carbocycles. The lowest BCUT2D eigenvalue weighted by molar-refractivity contribution is -0.161. The number of unbranched alkanes of at least 4 members (excludes halogenated alkanes) is 28. The highest BCUT2D eigenvalue weighted by molar-refractivity contribution is 7.47. The number of phosphoric acid groups is 2. The van der Waals surface area contributed by atoms with Gasteiger partial charge in [-0.15, -0.1) is 0 Å². The first-order valence-electron chi connectivity index (χ1n) is 35.3. The molecule has 0 heterocycles. The van der Waals surface area contributed by atoms with Gasteiger partial charge in [0.05, 0.1) is 26.4 Å². The van der Waals surface area contributed by atoms with Crippen molar-refractivity contribution in [1.82, 2.24) is 0 Å². The third-order valence-electron chi connectivity index (χ3n) is 16.7. The van der Waals surface area contributed by atoms with Crippen molar-refractivity contribution >= 4 is 39.5 Å². The van der Waals surface area contributed by atoms with Crippen molar-refractivity contribution in [3.8, 4) is 0 Å². The molecule has 0 radical (unpaired) electrons. The van der Waals surface area contributed by atoms with Crippen LogP contribution in [0.3, 0.4) is 0 Å². The van der Waals surface area contributed by atoms with E-state index < -0.39 is 97.5 Å². The molecule has 0 bridgehead atoms. The van der Waals surface area contributed by atoms with E-state index in [1.165, 1.54) is 122 Å². The van der Waals surface area contributed by atoms with E-state index in [0.29, 0.717) is 31.6 Å². The largest absolute Gasteiger partial charge is 0.472 e. The molecule has 3 N–H and O–H groups in total. The lowest BCUT2D eigenvalue weighted by atomic mass is 9.99. The molecule has 0 aromatic carbocycles. The van der Waals surface area contributed by atoms with Gasteiger partial charge in [-0.05, 0) is 49.4 Å². The fraction of sp³-hybridized carbons (Fsp3) is 0.941. The molecule has 0 saturated carbocycles. The summed E-state index contributed by atoms with van der Waals surface area (Å²) in [5.41, 5.74) is 0. The molecule has 0 rings (SSSR count). The number of esters is 4. The number of carbonyl (C=O) groups is 4. The third-order valence-corrected chi connectivity index (χ3v) is 18.6. The minimum Gasteiger partial charge on any atom is -0.462 e. The summed E-state index contributed by atoms with van der Waals surface area (Å²) in [6.45, 7) is 14.0. The summed E-state index contributed by atoms with van der Waals surface area (Å²) in [6.07, 6.45) is 39.1. The SMILES string of the molecule is CCC(C)CCCCCCCCCCCCCCCCC(=O)O[C@H](COC(=O)CCCCCCCCC(C)CC)COP(=O)(O)OC[C@H](O)COP(=O)(O)OC[C@@H](COC(=O)CCCCCCCCC(C)C)OC(=O)CCCCCCCCC(C)CC. The zero-order valence-corrected chi connectivity index (χ0v) is 58.4. The highest BCUT2D eigenvalue weighted by atomic mass is 31.2. The van der Waals surface area contributed by atoms with E-state index >= 15 is 0 Å². The molecule has 0 saturated heterocycles. The van der Waals surface area contributed by atoms with E-state index in [-0.39, 0.29) is 25.7 Å². The first-order chi connectivity index (χ1) is 41.7. The van der Waals surface area contributed by atoms with Crippen molar-refractivity contribution in [2.24, 2.45) is 23.7 Å². The topological polar surface area (TPSA) is 237 Å². The van der Waals surface area contributed by atoms with Crippen LogP contribution in [0.2, 0.25) is 0 Å². The maximum atomic E-state index is 13.0. The number of carbonyl (C=O) groups excluding carboxylic acids is 4. The second-order valence-electron chi connectivity index (χ2n) is 25.8. The summed E-state index contributed by atoms with van der Waals surface area (Å²) in [4.78, 5) is 72.3. The van der Waals surface area contributed by atoms with Gasteiger partial charge in [-0.25, -0.2) is 9.13 Å². The molecule has 0 spiro atoms. The van der Waals surface area contributed by atoms with Gasteiger partial charge >= 0.3 is 39.5 Å². The molecule has 5 unspecified atom stereocenters. The summed E-state index contributed by atoms with van der Waals surface area (Å²) < 4.78 is 68.1. The van der Waals surface area contributed by atoms with Crippen molar-refractivity contribution in [3.63, 3.8) is 0 Å². The quantitative estimate of drug-likeness (QED) is 0.0222. The number of hydrogen-bond acceptors (Lipinski definition) is 15. The number of rotatable bonds is 65. The first kappa shape index (κ1) is 85.1. The van der Waals surface area contributed by atoms with Crippen LogP contribution in [0.1, 0.15) is 331 Å². The summed E-state index contributed by atoms with van der Waals surface area (Å²) in [5, 5.41) is 10.6. The van der Waals surface area contributed by atoms with Crippen LogP contribution in [-0.2, 0) is 65.4 Å². The molecular formula is C68H132O17P2. The van der Waals surface area contributed by atoms with E-state index in [0.717, 1.165) is 120 Å². The van der Waals surface area contributed by atoms with E-state index in [4.69, 9.17) is 37.0 Å². The van der Waals surface area contributed by atoms with Gasteiger partial charge in [-0.1, -0.05) is 280 Å². The van der Waals surface area contributed by atoms with Crippen molar-refractivity contribution in [3.05, 3.63) is 0 Å². The number of aliphatic hydroxyl groups is 1. The van der Waals surface area contributed by atoms with E-state index in [2.05, 4.69) is 55.4 Å². The average Bonchev–Trinajstić information content (AvgIpc) is 3.69. The molecule has 0 fully saturated rings. The van der Waals surface area contributed by atoms with E-state index in [1.54, 1.807) is 0 Å². The molecular weight excluding hydrogens is 1150 g/mol. The summed E-state index contributed by atoms with van der Waals surface area (Å²) in [6, 6.07) is 0. The summed E-state index contributed by atoms with van der Waals surface area (Å²) in [7, 11) is -9.90. The molecule has 0 aliphatic rings. The second kappa shape index (κ2) is 57.9. The van der Waals surface area contributed by atoms with Crippen LogP contribution in [0.5, 0.6) is 0 Å². The second-order valence-corrected chi connectivity index (χ2v) is 28.7. The van der Waals surface area contributed by atoms with Gasteiger partial charge in [-0.3, -0.25) is 37.3 Å². The minimum atomic E-state index is -4.95. The molecule has 19 heteroatoms. The zero-order valence-electron chi connectivity index (χ0n) is 56.6. The van der Waals surface area contributed by atoms with Gasteiger partial charge in [0.15, 0.2) is 12.2 Å². The Labute approximate surface area is 530 Å². The van der Waals surface area contributed by atoms with Crippen LogP contribution < -0.4 is 0 Å². The fourth-order valence-electron chi connectivity index (χ4n) is 10.0. The molecule has 516 valence electrons. The maximum Gasteiger partial charge on any atom is 0.472 e. The Bertz CT molecular complexity index is 1740. The van der Waals surface area contributed by atoms with Gasteiger partial charge in [0.1, 0.15) is 19.3 Å². The lowest BCUT2D eigenvalue weighted by Gasteiger charge is -2.21. The van der Waals surface area contributed by atoms with Crippen LogP contribution in [0.4, 0.5) is 0 Å². The van der Waals surface area contributed by atoms with Crippen molar-refractivity contribution in [2.75, 3.05) is 39.6 Å². The van der Waals surface area contributed by atoms with Gasteiger partial charge in [0.2, 0.25) is 0 Å². The molecule has 87 heavy (non-hydrogen) atoms. The fourth-order valence-corrected chi connectivity index (χ4v) is 11.6. The average molecular weight is 1280 g/mol. The molecule has 0 aromatic heterocycles. The van der Waals surface area contributed by atoms with E-state index in [9.17, 15) is 43.2 Å². The van der Waals surface area contributed by atoms with E-state index in [1.807, 2.05) is 0 Å². The minimum absolute atomic E-state index is 0.101. The Morgan fingerprint density at radius 1 is 0.322 bits per heavy atom.